The molecule has 0 unspecified atom stereocenters. The van der Waals surface area contributed by atoms with Crippen molar-refractivity contribution in [1.82, 2.24) is 4.98 Å². The molecule has 0 spiro atoms. The minimum Gasteiger partial charge on any atom is -0.466 e. The van der Waals surface area contributed by atoms with E-state index in [0.717, 1.165) is 0 Å². The fourth-order valence-electron chi connectivity index (χ4n) is 1.34. The molecular formula is C10H11F2IN2O2. The van der Waals surface area contributed by atoms with Crippen LogP contribution >= 0.6 is 22.6 Å². The van der Waals surface area contributed by atoms with Gasteiger partial charge in [0.25, 0.3) is 6.43 Å². The average molecular weight is 356 g/mol. The summed E-state index contributed by atoms with van der Waals surface area (Å²) in [5, 5.41) is 0. The fraction of sp³-hybridized carbons (Fsp3) is 0.400. The summed E-state index contributed by atoms with van der Waals surface area (Å²) in [5.74, 6) is -0.808. The number of nitrogen functional groups attached to an aromatic ring is 1. The van der Waals surface area contributed by atoms with Gasteiger partial charge in [-0.1, -0.05) is 0 Å². The van der Waals surface area contributed by atoms with Gasteiger partial charge in [0.2, 0.25) is 0 Å². The molecule has 1 heterocycles. The predicted molar refractivity (Wildman–Crippen MR) is 66.7 cm³/mol. The second kappa shape index (κ2) is 6.08. The van der Waals surface area contributed by atoms with Gasteiger partial charge in [0.15, 0.2) is 0 Å². The maximum absolute atomic E-state index is 12.8. The molecule has 0 saturated carbocycles. The van der Waals surface area contributed by atoms with E-state index in [9.17, 15) is 13.6 Å². The lowest BCUT2D eigenvalue weighted by Crippen LogP contribution is -2.13. The molecule has 7 heteroatoms. The Morgan fingerprint density at radius 1 is 1.65 bits per heavy atom. The van der Waals surface area contributed by atoms with Crippen molar-refractivity contribution in [3.8, 4) is 0 Å². The van der Waals surface area contributed by atoms with Crippen LogP contribution in [0.3, 0.4) is 0 Å². The standard InChI is InChI=1S/C10H11F2IN2O2/c1-2-17-7(16)3-5-6(13)4-15-10(14)8(5)9(11)12/h4,9H,2-3H2,1H3,(H2,14,15). The molecule has 1 aromatic heterocycles. The maximum atomic E-state index is 12.8. The van der Waals surface area contributed by atoms with Gasteiger partial charge in [0.05, 0.1) is 18.6 Å². The van der Waals surface area contributed by atoms with E-state index in [2.05, 4.69) is 4.98 Å². The van der Waals surface area contributed by atoms with E-state index in [-0.39, 0.29) is 30.0 Å². The number of hydrogen-bond acceptors (Lipinski definition) is 4. The molecule has 0 aliphatic heterocycles. The topological polar surface area (TPSA) is 65.2 Å². The van der Waals surface area contributed by atoms with Gasteiger partial charge in [0.1, 0.15) is 5.82 Å². The number of anilines is 1. The average Bonchev–Trinajstić information content (AvgIpc) is 2.23. The summed E-state index contributed by atoms with van der Waals surface area (Å²) >= 11 is 1.84. The number of nitrogens with two attached hydrogens (primary N) is 1. The first kappa shape index (κ1) is 14.1. The van der Waals surface area contributed by atoms with Gasteiger partial charge in [-0.2, -0.15) is 0 Å². The Morgan fingerprint density at radius 2 is 2.29 bits per heavy atom. The number of ether oxygens (including phenoxy) is 1. The molecule has 0 bridgehead atoms. The SMILES string of the molecule is CCOC(=O)Cc1c(I)cnc(N)c1C(F)F. The van der Waals surface area contributed by atoms with E-state index >= 15 is 0 Å². The lowest BCUT2D eigenvalue weighted by Gasteiger charge is -2.12. The van der Waals surface area contributed by atoms with E-state index in [1.165, 1.54) is 6.20 Å². The number of halogens is 3. The van der Waals surface area contributed by atoms with Gasteiger partial charge >= 0.3 is 5.97 Å². The third-order valence-electron chi connectivity index (χ3n) is 2.05. The van der Waals surface area contributed by atoms with Crippen molar-refractivity contribution >= 4 is 34.4 Å². The van der Waals surface area contributed by atoms with Gasteiger partial charge in [-0.15, -0.1) is 0 Å². The van der Waals surface area contributed by atoms with E-state index < -0.39 is 12.4 Å². The molecule has 94 valence electrons. The lowest BCUT2D eigenvalue weighted by molar-refractivity contribution is -0.142. The van der Waals surface area contributed by atoms with E-state index in [1.54, 1.807) is 6.92 Å². The van der Waals surface area contributed by atoms with Crippen LogP contribution in [-0.2, 0) is 16.0 Å². The molecule has 17 heavy (non-hydrogen) atoms. The zero-order chi connectivity index (χ0) is 13.0. The van der Waals surface area contributed by atoms with Crippen LogP contribution in [0.5, 0.6) is 0 Å². The molecule has 0 fully saturated rings. The van der Waals surface area contributed by atoms with Crippen molar-refractivity contribution < 1.29 is 18.3 Å². The fourth-order valence-corrected chi connectivity index (χ4v) is 1.96. The van der Waals surface area contributed by atoms with Crippen molar-refractivity contribution in [2.24, 2.45) is 0 Å². The maximum Gasteiger partial charge on any atom is 0.310 e. The van der Waals surface area contributed by atoms with Gasteiger partial charge in [-0.3, -0.25) is 4.79 Å². The Balaban J connectivity index is 3.12. The summed E-state index contributed by atoms with van der Waals surface area (Å²) in [6.45, 7) is 1.86. The molecule has 0 saturated heterocycles. The summed E-state index contributed by atoms with van der Waals surface area (Å²) < 4.78 is 30.9. The van der Waals surface area contributed by atoms with Crippen LogP contribution in [-0.4, -0.2) is 17.6 Å². The molecule has 2 N–H and O–H groups in total. The Labute approximate surface area is 111 Å². The Hall–Kier alpha value is -0.990. The van der Waals surface area contributed by atoms with Crippen molar-refractivity contribution in [3.63, 3.8) is 0 Å². The summed E-state index contributed by atoms with van der Waals surface area (Å²) in [6, 6.07) is 0. The number of rotatable bonds is 4. The third kappa shape index (κ3) is 3.48. The number of alkyl halides is 2. The van der Waals surface area contributed by atoms with Crippen LogP contribution in [0, 0.1) is 3.57 Å². The predicted octanol–water partition coefficient (Wildman–Crippen LogP) is 2.31. The number of carbonyl (C=O) groups is 1. The summed E-state index contributed by atoms with van der Waals surface area (Å²) in [6.07, 6.45) is -1.63. The summed E-state index contributed by atoms with van der Waals surface area (Å²) in [7, 11) is 0. The van der Waals surface area contributed by atoms with E-state index in [4.69, 9.17) is 10.5 Å². The van der Waals surface area contributed by atoms with E-state index in [0.29, 0.717) is 3.57 Å². The highest BCUT2D eigenvalue weighted by molar-refractivity contribution is 14.1. The number of hydrogen-bond donors (Lipinski definition) is 1. The largest absolute Gasteiger partial charge is 0.466 e. The van der Waals surface area contributed by atoms with Crippen LogP contribution in [0.15, 0.2) is 6.20 Å². The molecule has 0 aromatic carbocycles. The van der Waals surface area contributed by atoms with Crippen molar-refractivity contribution in [1.29, 1.82) is 0 Å². The van der Waals surface area contributed by atoms with Gasteiger partial charge in [-0.25, -0.2) is 13.8 Å². The molecule has 0 aliphatic carbocycles. The first-order valence-electron chi connectivity index (χ1n) is 4.83. The molecule has 1 aromatic rings. The Kier molecular flexibility index (Phi) is 5.03. The van der Waals surface area contributed by atoms with Crippen LogP contribution in [0.25, 0.3) is 0 Å². The van der Waals surface area contributed by atoms with Crippen LogP contribution in [0.2, 0.25) is 0 Å². The molecule has 0 atom stereocenters. The smallest absolute Gasteiger partial charge is 0.310 e. The molecule has 0 aliphatic rings. The van der Waals surface area contributed by atoms with Crippen molar-refractivity contribution in [3.05, 3.63) is 20.9 Å². The lowest BCUT2D eigenvalue weighted by atomic mass is 10.1. The molecular weight excluding hydrogens is 345 g/mol. The van der Waals surface area contributed by atoms with Crippen LogP contribution in [0.1, 0.15) is 24.5 Å². The molecule has 1 rings (SSSR count). The number of esters is 1. The van der Waals surface area contributed by atoms with E-state index in [1.807, 2.05) is 22.6 Å². The number of carbonyl (C=O) groups excluding carboxylic acids is 1. The first-order valence-corrected chi connectivity index (χ1v) is 5.91. The molecule has 0 radical (unpaired) electrons. The van der Waals surface area contributed by atoms with Gasteiger partial charge in [0, 0.05) is 9.77 Å². The highest BCUT2D eigenvalue weighted by atomic mass is 127. The highest BCUT2D eigenvalue weighted by Crippen LogP contribution is 2.30. The molecule has 4 nitrogen and oxygen atoms in total. The van der Waals surface area contributed by atoms with Crippen molar-refractivity contribution in [2.75, 3.05) is 12.3 Å². The third-order valence-corrected chi connectivity index (χ3v) is 2.98. The summed E-state index contributed by atoms with van der Waals surface area (Å²) in [4.78, 5) is 15.0. The zero-order valence-electron chi connectivity index (χ0n) is 9.04. The van der Waals surface area contributed by atoms with Crippen molar-refractivity contribution in [2.45, 2.75) is 19.8 Å². The number of nitrogens with zero attached hydrogens (tertiary/aromatic N) is 1. The van der Waals surface area contributed by atoms with Gasteiger partial charge in [-0.05, 0) is 35.1 Å². The minimum atomic E-state index is -2.76. The second-order valence-corrected chi connectivity index (χ2v) is 4.33. The number of pyridine rings is 1. The monoisotopic (exact) mass is 356 g/mol. The normalized spacial score (nSPS) is 10.6. The zero-order valence-corrected chi connectivity index (χ0v) is 11.2. The first-order chi connectivity index (χ1) is 7.97. The van der Waals surface area contributed by atoms with Crippen LogP contribution in [0.4, 0.5) is 14.6 Å². The quantitative estimate of drug-likeness (QED) is 0.664. The highest BCUT2D eigenvalue weighted by Gasteiger charge is 2.22. The Morgan fingerprint density at radius 3 is 2.82 bits per heavy atom. The van der Waals surface area contributed by atoms with Crippen LogP contribution < -0.4 is 5.73 Å². The summed E-state index contributed by atoms with van der Waals surface area (Å²) in [5.41, 5.74) is 5.20. The van der Waals surface area contributed by atoms with Gasteiger partial charge < -0.3 is 10.5 Å². The second-order valence-electron chi connectivity index (χ2n) is 3.17. The minimum absolute atomic E-state index is 0.187. The number of aromatic nitrogens is 1. The Bertz CT molecular complexity index is 427. The molecule has 0 amide bonds.